The Balaban J connectivity index is 1.95. The normalized spacial score (nSPS) is 16.4. The Morgan fingerprint density at radius 2 is 1.89 bits per heavy atom. The molecule has 0 atom stereocenters. The van der Waals surface area contributed by atoms with E-state index in [0.29, 0.717) is 17.6 Å². The third kappa shape index (κ3) is 4.19. The van der Waals surface area contributed by atoms with E-state index in [9.17, 15) is 4.79 Å². The molecule has 0 aromatic carbocycles. The smallest absolute Gasteiger partial charge is 0.271 e. The first-order valence-electron chi connectivity index (χ1n) is 6.85. The Labute approximate surface area is 114 Å². The van der Waals surface area contributed by atoms with Gasteiger partial charge in [0.05, 0.1) is 12.4 Å². The van der Waals surface area contributed by atoms with E-state index in [2.05, 4.69) is 41.4 Å². The van der Waals surface area contributed by atoms with Crippen LogP contribution in [0, 0.1) is 0 Å². The van der Waals surface area contributed by atoms with Gasteiger partial charge in [-0.1, -0.05) is 12.8 Å². The highest BCUT2D eigenvalue weighted by molar-refractivity contribution is 5.92. The fourth-order valence-corrected chi connectivity index (χ4v) is 2.22. The molecule has 1 saturated carbocycles. The van der Waals surface area contributed by atoms with Crippen LogP contribution >= 0.6 is 0 Å². The third-order valence-corrected chi connectivity index (χ3v) is 3.08. The summed E-state index contributed by atoms with van der Waals surface area (Å²) in [6.45, 7) is 6.15. The first kappa shape index (κ1) is 13.8. The number of rotatable bonds is 3. The maximum absolute atomic E-state index is 12.0. The van der Waals surface area contributed by atoms with Crippen molar-refractivity contribution in [2.75, 3.05) is 5.32 Å². The number of amides is 1. The Kier molecular flexibility index (Phi) is 4.02. The Hall–Kier alpha value is -1.65. The van der Waals surface area contributed by atoms with Crippen molar-refractivity contribution in [1.82, 2.24) is 15.3 Å². The van der Waals surface area contributed by atoms with Crippen LogP contribution < -0.4 is 10.6 Å². The molecular weight excluding hydrogens is 240 g/mol. The monoisotopic (exact) mass is 262 g/mol. The molecule has 1 aromatic rings. The average Bonchev–Trinajstić information content (AvgIpc) is 2.80. The first-order valence-corrected chi connectivity index (χ1v) is 6.85. The van der Waals surface area contributed by atoms with Crippen LogP contribution in [0.5, 0.6) is 0 Å². The molecule has 1 fully saturated rings. The zero-order valence-corrected chi connectivity index (χ0v) is 11.9. The standard InChI is InChI=1S/C14H22N4O/c1-14(2,3)18-12-9-15-11(8-16-12)13(19)17-10-6-4-5-7-10/h8-10H,4-7H2,1-3H3,(H,16,18)(H,17,19). The van der Waals surface area contributed by atoms with Gasteiger partial charge in [0.15, 0.2) is 0 Å². The molecule has 0 unspecified atom stereocenters. The molecule has 0 radical (unpaired) electrons. The van der Waals surface area contributed by atoms with Gasteiger partial charge in [0.1, 0.15) is 11.5 Å². The quantitative estimate of drug-likeness (QED) is 0.877. The Morgan fingerprint density at radius 3 is 2.42 bits per heavy atom. The minimum absolute atomic E-state index is 0.0672. The molecule has 0 bridgehead atoms. The van der Waals surface area contributed by atoms with Gasteiger partial charge in [-0.05, 0) is 33.6 Å². The van der Waals surface area contributed by atoms with E-state index in [0.717, 1.165) is 12.8 Å². The molecule has 104 valence electrons. The predicted molar refractivity (Wildman–Crippen MR) is 75.1 cm³/mol. The van der Waals surface area contributed by atoms with Crippen LogP contribution in [-0.2, 0) is 0 Å². The zero-order chi connectivity index (χ0) is 13.9. The molecule has 1 aliphatic rings. The van der Waals surface area contributed by atoms with E-state index < -0.39 is 0 Å². The summed E-state index contributed by atoms with van der Waals surface area (Å²) in [6.07, 6.45) is 7.68. The lowest BCUT2D eigenvalue weighted by Crippen LogP contribution is -2.33. The van der Waals surface area contributed by atoms with Crippen LogP contribution in [-0.4, -0.2) is 27.5 Å². The van der Waals surface area contributed by atoms with Gasteiger partial charge >= 0.3 is 0 Å². The minimum Gasteiger partial charge on any atom is -0.364 e. The summed E-state index contributed by atoms with van der Waals surface area (Å²) < 4.78 is 0. The van der Waals surface area contributed by atoms with Crippen molar-refractivity contribution >= 4 is 11.7 Å². The van der Waals surface area contributed by atoms with Crippen molar-refractivity contribution in [2.24, 2.45) is 0 Å². The van der Waals surface area contributed by atoms with Crippen LogP contribution in [0.4, 0.5) is 5.82 Å². The Morgan fingerprint density at radius 1 is 1.21 bits per heavy atom. The number of anilines is 1. The zero-order valence-electron chi connectivity index (χ0n) is 11.9. The van der Waals surface area contributed by atoms with Crippen molar-refractivity contribution < 1.29 is 4.79 Å². The number of carbonyl (C=O) groups is 1. The summed E-state index contributed by atoms with van der Waals surface area (Å²) in [5.74, 6) is 0.562. The lowest BCUT2D eigenvalue weighted by Gasteiger charge is -2.20. The van der Waals surface area contributed by atoms with E-state index in [4.69, 9.17) is 0 Å². The van der Waals surface area contributed by atoms with Crippen LogP contribution in [0.25, 0.3) is 0 Å². The number of hydrogen-bond donors (Lipinski definition) is 2. The largest absolute Gasteiger partial charge is 0.364 e. The molecule has 2 rings (SSSR count). The van der Waals surface area contributed by atoms with Gasteiger partial charge in [0, 0.05) is 11.6 Å². The van der Waals surface area contributed by atoms with Gasteiger partial charge in [-0.2, -0.15) is 0 Å². The molecule has 1 aliphatic carbocycles. The van der Waals surface area contributed by atoms with Crippen LogP contribution in [0.2, 0.25) is 0 Å². The molecule has 19 heavy (non-hydrogen) atoms. The SMILES string of the molecule is CC(C)(C)Nc1cnc(C(=O)NC2CCCC2)cn1. The topological polar surface area (TPSA) is 66.9 Å². The van der Waals surface area contributed by atoms with Gasteiger partial charge in [-0.3, -0.25) is 4.79 Å². The molecule has 0 aliphatic heterocycles. The summed E-state index contributed by atoms with van der Waals surface area (Å²) in [7, 11) is 0. The summed E-state index contributed by atoms with van der Waals surface area (Å²) in [4.78, 5) is 20.4. The maximum Gasteiger partial charge on any atom is 0.271 e. The van der Waals surface area contributed by atoms with Crippen LogP contribution in [0.15, 0.2) is 12.4 Å². The van der Waals surface area contributed by atoms with E-state index in [1.165, 1.54) is 19.0 Å². The molecule has 1 heterocycles. The number of nitrogens with zero attached hydrogens (tertiary/aromatic N) is 2. The maximum atomic E-state index is 12.0. The Bertz CT molecular complexity index is 430. The minimum atomic E-state index is -0.123. The fraction of sp³-hybridized carbons (Fsp3) is 0.643. The lowest BCUT2D eigenvalue weighted by atomic mass is 10.1. The average molecular weight is 262 g/mol. The molecule has 2 N–H and O–H groups in total. The summed E-state index contributed by atoms with van der Waals surface area (Å²) in [5, 5.41) is 6.22. The highest BCUT2D eigenvalue weighted by Crippen LogP contribution is 2.18. The van der Waals surface area contributed by atoms with Crippen molar-refractivity contribution in [2.45, 2.75) is 58.0 Å². The van der Waals surface area contributed by atoms with Crippen molar-refractivity contribution in [3.8, 4) is 0 Å². The summed E-state index contributed by atoms with van der Waals surface area (Å²) in [5.41, 5.74) is 0.314. The highest BCUT2D eigenvalue weighted by atomic mass is 16.1. The highest BCUT2D eigenvalue weighted by Gasteiger charge is 2.19. The summed E-state index contributed by atoms with van der Waals surface area (Å²) in [6, 6.07) is 0.307. The second-order valence-corrected chi connectivity index (χ2v) is 6.12. The van der Waals surface area contributed by atoms with Gasteiger partial charge in [0.2, 0.25) is 0 Å². The fourth-order valence-electron chi connectivity index (χ4n) is 2.22. The van der Waals surface area contributed by atoms with Crippen molar-refractivity contribution in [1.29, 1.82) is 0 Å². The van der Waals surface area contributed by atoms with Gasteiger partial charge in [-0.25, -0.2) is 9.97 Å². The molecule has 0 spiro atoms. The van der Waals surface area contributed by atoms with E-state index in [1.54, 1.807) is 6.20 Å². The lowest BCUT2D eigenvalue weighted by molar-refractivity contribution is 0.0932. The third-order valence-electron chi connectivity index (χ3n) is 3.08. The number of carbonyl (C=O) groups excluding carboxylic acids is 1. The number of aromatic nitrogens is 2. The number of hydrogen-bond acceptors (Lipinski definition) is 4. The molecular formula is C14H22N4O. The summed E-state index contributed by atoms with van der Waals surface area (Å²) >= 11 is 0. The van der Waals surface area contributed by atoms with E-state index in [1.807, 2.05) is 0 Å². The first-order chi connectivity index (χ1) is 8.94. The van der Waals surface area contributed by atoms with Gasteiger partial charge < -0.3 is 10.6 Å². The molecule has 1 aromatic heterocycles. The second kappa shape index (κ2) is 5.55. The molecule has 5 heteroatoms. The molecule has 0 saturated heterocycles. The number of nitrogens with one attached hydrogen (secondary N) is 2. The second-order valence-electron chi connectivity index (χ2n) is 6.12. The van der Waals surface area contributed by atoms with Gasteiger partial charge in [0.25, 0.3) is 5.91 Å². The van der Waals surface area contributed by atoms with Crippen molar-refractivity contribution in [3.63, 3.8) is 0 Å². The van der Waals surface area contributed by atoms with Crippen molar-refractivity contribution in [3.05, 3.63) is 18.1 Å². The van der Waals surface area contributed by atoms with E-state index in [-0.39, 0.29) is 11.4 Å². The van der Waals surface area contributed by atoms with Crippen LogP contribution in [0.3, 0.4) is 0 Å². The van der Waals surface area contributed by atoms with Gasteiger partial charge in [-0.15, -0.1) is 0 Å². The molecule has 1 amide bonds. The van der Waals surface area contributed by atoms with Crippen LogP contribution in [0.1, 0.15) is 56.9 Å². The molecule has 5 nitrogen and oxygen atoms in total. The van der Waals surface area contributed by atoms with E-state index >= 15 is 0 Å². The predicted octanol–water partition coefficient (Wildman–Crippen LogP) is 2.36.